The lowest BCUT2D eigenvalue weighted by Crippen LogP contribution is -2.47. The molecule has 1 aromatic heterocycles. The molecule has 3 N–H and O–H groups in total. The number of rotatable bonds is 3. The van der Waals surface area contributed by atoms with E-state index >= 15 is 0 Å². The molecule has 0 radical (unpaired) electrons. The number of halogens is 3. The largest absolute Gasteiger partial charge is 0.405 e. The number of ether oxygens (including phenoxy) is 2. The number of aryl methyl sites for hydroxylation is 1. The number of piperidine rings is 1. The Kier molecular flexibility index (Phi) is 8.52. The van der Waals surface area contributed by atoms with Crippen molar-refractivity contribution in [3.8, 4) is 0 Å². The molecule has 7 nitrogen and oxygen atoms in total. The van der Waals surface area contributed by atoms with E-state index in [0.29, 0.717) is 17.2 Å². The number of carbonyl (C=O) groups is 1. The van der Waals surface area contributed by atoms with Gasteiger partial charge in [0, 0.05) is 43.5 Å². The van der Waals surface area contributed by atoms with Crippen LogP contribution < -0.4 is 16.0 Å². The maximum absolute atomic E-state index is 12.5. The lowest BCUT2D eigenvalue weighted by molar-refractivity contribution is -0.178. The summed E-state index contributed by atoms with van der Waals surface area (Å²) in [6, 6.07) is 5.49. The van der Waals surface area contributed by atoms with Crippen molar-refractivity contribution < 1.29 is 27.4 Å². The summed E-state index contributed by atoms with van der Waals surface area (Å²) in [5.74, 6) is -0.519. The van der Waals surface area contributed by atoms with Crippen LogP contribution in [0.4, 0.5) is 18.9 Å². The summed E-state index contributed by atoms with van der Waals surface area (Å²) in [4.78, 5) is 16.4. The quantitative estimate of drug-likeness (QED) is 0.556. The van der Waals surface area contributed by atoms with Crippen LogP contribution in [0.25, 0.3) is 10.9 Å². The molecule has 2 saturated heterocycles. The van der Waals surface area contributed by atoms with Gasteiger partial charge in [0.15, 0.2) is 5.79 Å². The van der Waals surface area contributed by atoms with Crippen molar-refractivity contribution in [1.82, 2.24) is 15.6 Å². The number of pyridine rings is 1. The predicted octanol–water partition coefficient (Wildman–Crippen LogP) is 4.68. The number of anilines is 1. The third-order valence-corrected chi connectivity index (χ3v) is 6.31. The van der Waals surface area contributed by atoms with E-state index in [4.69, 9.17) is 9.47 Å². The number of hydrogen-bond acceptors (Lipinski definition) is 6. The van der Waals surface area contributed by atoms with E-state index in [-0.39, 0.29) is 22.8 Å². The minimum atomic E-state index is -4.30. The third-order valence-electron chi connectivity index (χ3n) is 6.31. The van der Waals surface area contributed by atoms with Crippen LogP contribution in [0.1, 0.15) is 62.2 Å². The molecule has 0 bridgehead atoms. The van der Waals surface area contributed by atoms with Gasteiger partial charge in [-0.3, -0.25) is 4.79 Å². The molecule has 10 heteroatoms. The molecule has 4 rings (SSSR count). The molecule has 1 amide bonds. The Morgan fingerprint density at radius 3 is 2.42 bits per heavy atom. The third kappa shape index (κ3) is 7.08. The average Bonchev–Trinajstić information content (AvgIpc) is 3.23. The van der Waals surface area contributed by atoms with Crippen molar-refractivity contribution in [3.05, 3.63) is 35.0 Å². The second kappa shape index (κ2) is 10.9. The fraction of sp³-hybridized carbons (Fsp3) is 0.615. The van der Waals surface area contributed by atoms with Gasteiger partial charge in [0.05, 0.1) is 18.7 Å². The van der Waals surface area contributed by atoms with Gasteiger partial charge in [-0.15, -0.1) is 0 Å². The molecule has 2 aliphatic rings. The zero-order chi connectivity index (χ0) is 26.7. The van der Waals surface area contributed by atoms with Crippen molar-refractivity contribution in [2.75, 3.05) is 38.7 Å². The molecule has 2 aromatic rings. The molecule has 2 aliphatic heterocycles. The van der Waals surface area contributed by atoms with E-state index in [1.807, 2.05) is 27.7 Å². The van der Waals surface area contributed by atoms with Crippen LogP contribution in [-0.2, 0) is 14.9 Å². The number of amides is 1. The molecule has 36 heavy (non-hydrogen) atoms. The first-order valence-corrected chi connectivity index (χ1v) is 12.2. The van der Waals surface area contributed by atoms with Gasteiger partial charge in [-0.05, 0) is 48.6 Å². The Balaban J connectivity index is 0.000000270. The van der Waals surface area contributed by atoms with Gasteiger partial charge in [0.25, 0.3) is 5.91 Å². The summed E-state index contributed by atoms with van der Waals surface area (Å²) >= 11 is 0. The molecular formula is C26H37F3N4O3. The minimum Gasteiger partial charge on any atom is -0.376 e. The highest BCUT2D eigenvalue weighted by Gasteiger charge is 2.39. The van der Waals surface area contributed by atoms with Crippen LogP contribution in [0, 0.1) is 6.92 Å². The van der Waals surface area contributed by atoms with Crippen molar-refractivity contribution in [2.45, 2.75) is 70.9 Å². The lowest BCUT2D eigenvalue weighted by atomic mass is 9.84. The Morgan fingerprint density at radius 1 is 1.19 bits per heavy atom. The van der Waals surface area contributed by atoms with E-state index in [1.54, 1.807) is 18.2 Å². The van der Waals surface area contributed by atoms with Crippen molar-refractivity contribution in [3.63, 3.8) is 0 Å². The fourth-order valence-corrected chi connectivity index (χ4v) is 4.52. The topological polar surface area (TPSA) is 84.5 Å². The van der Waals surface area contributed by atoms with Crippen molar-refractivity contribution >= 4 is 22.5 Å². The maximum atomic E-state index is 12.5. The molecule has 1 unspecified atom stereocenters. The van der Waals surface area contributed by atoms with Gasteiger partial charge in [-0.2, -0.15) is 13.2 Å². The Morgan fingerprint density at radius 2 is 1.86 bits per heavy atom. The summed E-state index contributed by atoms with van der Waals surface area (Å²) in [5, 5.41) is 9.07. The number of nitrogens with one attached hydrogen (secondary N) is 3. The molecule has 2 fully saturated rings. The normalized spacial score (nSPS) is 19.6. The molecule has 0 saturated carbocycles. The number of alkyl halides is 3. The number of benzene rings is 1. The second-order valence-electron chi connectivity index (χ2n) is 10.5. The van der Waals surface area contributed by atoms with E-state index in [9.17, 15) is 18.0 Å². The van der Waals surface area contributed by atoms with Crippen LogP contribution in [0.5, 0.6) is 0 Å². The Hall–Kier alpha value is -2.43. The molecule has 1 atom stereocenters. The first-order valence-electron chi connectivity index (χ1n) is 12.2. The van der Waals surface area contributed by atoms with Crippen molar-refractivity contribution in [2.24, 2.45) is 0 Å². The smallest absolute Gasteiger partial charge is 0.376 e. The molecule has 1 aromatic carbocycles. The van der Waals surface area contributed by atoms with Gasteiger partial charge >= 0.3 is 6.18 Å². The number of fused-ring (bicyclic) bond motifs is 1. The number of hydrogen-bond donors (Lipinski definition) is 3. The van der Waals surface area contributed by atoms with Crippen LogP contribution in [-0.4, -0.2) is 62.2 Å². The van der Waals surface area contributed by atoms with Gasteiger partial charge in [0.1, 0.15) is 12.2 Å². The summed E-state index contributed by atoms with van der Waals surface area (Å²) < 4.78 is 48.8. The highest BCUT2D eigenvalue weighted by molar-refractivity contribution is 5.97. The lowest BCUT2D eigenvalue weighted by Gasteiger charge is -2.35. The Bertz CT molecular complexity index is 1080. The Labute approximate surface area is 210 Å². The van der Waals surface area contributed by atoms with Gasteiger partial charge in [-0.25, -0.2) is 4.98 Å². The average molecular weight is 511 g/mol. The van der Waals surface area contributed by atoms with E-state index < -0.39 is 12.7 Å². The van der Waals surface area contributed by atoms with E-state index in [0.717, 1.165) is 49.1 Å². The van der Waals surface area contributed by atoms with Gasteiger partial charge < -0.3 is 25.4 Å². The minimum absolute atomic E-state index is 0.218. The first-order chi connectivity index (χ1) is 16.7. The van der Waals surface area contributed by atoms with Crippen LogP contribution in [0.2, 0.25) is 0 Å². The zero-order valence-corrected chi connectivity index (χ0v) is 21.9. The standard InChI is InChI=1S/C18H22F3N3O.C8H15NO2/c1-10-6-14(16(25)22-5)24-15-12(10)7-11(23-9-18(19,20)21)8-13(15)17(2,3)4;1-7-6-8(2-3-9-7)10-4-5-11-8/h6-8,23H,9H2,1-5H3,(H,22,25);7,9H,2-6H2,1H3. The summed E-state index contributed by atoms with van der Waals surface area (Å²) in [5.41, 5.74) is 2.51. The predicted molar refractivity (Wildman–Crippen MR) is 134 cm³/mol. The number of carbonyl (C=O) groups excluding carboxylic acids is 1. The highest BCUT2D eigenvalue weighted by Crippen LogP contribution is 2.34. The second-order valence-corrected chi connectivity index (χ2v) is 10.5. The highest BCUT2D eigenvalue weighted by atomic mass is 19.4. The molecule has 0 aliphatic carbocycles. The molecule has 200 valence electrons. The summed E-state index contributed by atoms with van der Waals surface area (Å²) in [6.07, 6.45) is -2.31. The number of nitrogens with zero attached hydrogens (tertiary/aromatic N) is 1. The van der Waals surface area contributed by atoms with Crippen LogP contribution in [0.3, 0.4) is 0 Å². The van der Waals surface area contributed by atoms with Crippen LogP contribution >= 0.6 is 0 Å². The van der Waals surface area contributed by atoms with Gasteiger partial charge in [0.2, 0.25) is 0 Å². The number of aromatic nitrogens is 1. The van der Waals surface area contributed by atoms with E-state index in [1.165, 1.54) is 7.05 Å². The van der Waals surface area contributed by atoms with Gasteiger partial charge in [-0.1, -0.05) is 20.8 Å². The monoisotopic (exact) mass is 510 g/mol. The SMILES string of the molecule is CC1CC2(CCN1)OCCO2.CNC(=O)c1cc(C)c2cc(NCC(F)(F)F)cc(C(C)(C)C)c2n1. The van der Waals surface area contributed by atoms with Crippen molar-refractivity contribution in [1.29, 1.82) is 0 Å². The summed E-state index contributed by atoms with van der Waals surface area (Å²) in [6.45, 7) is 11.3. The molecule has 3 heterocycles. The van der Waals surface area contributed by atoms with Crippen LogP contribution in [0.15, 0.2) is 18.2 Å². The maximum Gasteiger partial charge on any atom is 0.405 e. The molecular weight excluding hydrogens is 473 g/mol. The summed E-state index contributed by atoms with van der Waals surface area (Å²) in [7, 11) is 1.53. The molecule has 1 spiro atoms. The van der Waals surface area contributed by atoms with E-state index in [2.05, 4.69) is 27.9 Å². The first kappa shape index (κ1) is 28.1. The fourth-order valence-electron chi connectivity index (χ4n) is 4.52. The zero-order valence-electron chi connectivity index (χ0n) is 21.9.